The summed E-state index contributed by atoms with van der Waals surface area (Å²) in [5.74, 6) is -0.131. The summed E-state index contributed by atoms with van der Waals surface area (Å²) in [7, 11) is 0. The first-order chi connectivity index (χ1) is 10.1. The van der Waals surface area contributed by atoms with Crippen molar-refractivity contribution in [2.24, 2.45) is 0 Å². The van der Waals surface area contributed by atoms with Crippen LogP contribution in [0.1, 0.15) is 36.1 Å². The Balaban J connectivity index is 2.30. The van der Waals surface area contributed by atoms with E-state index in [1.165, 1.54) is 17.2 Å². The lowest BCUT2D eigenvalue weighted by molar-refractivity contribution is 0.511. The van der Waals surface area contributed by atoms with Crippen molar-refractivity contribution in [3.05, 3.63) is 69.4 Å². The molecular weight excluding hydrogens is 329 g/mol. The molecule has 3 heteroatoms. The van der Waals surface area contributed by atoms with Crippen LogP contribution in [-0.4, -0.2) is 6.54 Å². The Hall–Kier alpha value is -1.19. The van der Waals surface area contributed by atoms with Gasteiger partial charge in [0, 0.05) is 10.5 Å². The molecule has 0 fully saturated rings. The SMILES string of the molecule is CCCNC(Cc1ccccc1F)c1cccc(Br)c1C. The molecule has 2 aromatic carbocycles. The summed E-state index contributed by atoms with van der Waals surface area (Å²) >= 11 is 3.58. The first-order valence-corrected chi connectivity index (χ1v) is 8.14. The Morgan fingerprint density at radius 3 is 2.62 bits per heavy atom. The van der Waals surface area contributed by atoms with Crippen molar-refractivity contribution in [1.82, 2.24) is 5.32 Å². The lowest BCUT2D eigenvalue weighted by atomic mass is 9.95. The minimum atomic E-state index is -0.131. The maximum Gasteiger partial charge on any atom is 0.126 e. The molecule has 0 bridgehead atoms. The van der Waals surface area contributed by atoms with Crippen LogP contribution in [-0.2, 0) is 6.42 Å². The molecule has 0 aliphatic carbocycles. The summed E-state index contributed by atoms with van der Waals surface area (Å²) < 4.78 is 15.0. The molecular formula is C18H21BrFN. The maximum atomic E-state index is 13.9. The van der Waals surface area contributed by atoms with Gasteiger partial charge in [-0.2, -0.15) is 0 Å². The molecule has 1 N–H and O–H groups in total. The molecule has 1 nitrogen and oxygen atoms in total. The Morgan fingerprint density at radius 1 is 1.14 bits per heavy atom. The minimum Gasteiger partial charge on any atom is -0.310 e. The average molecular weight is 350 g/mol. The van der Waals surface area contributed by atoms with Crippen molar-refractivity contribution in [2.45, 2.75) is 32.7 Å². The van der Waals surface area contributed by atoms with E-state index in [9.17, 15) is 4.39 Å². The summed E-state index contributed by atoms with van der Waals surface area (Å²) in [5.41, 5.74) is 3.19. The molecule has 2 rings (SSSR count). The molecule has 0 aliphatic rings. The van der Waals surface area contributed by atoms with Crippen LogP contribution < -0.4 is 5.32 Å². The van der Waals surface area contributed by atoms with Gasteiger partial charge in [0.1, 0.15) is 5.82 Å². The summed E-state index contributed by atoms with van der Waals surface area (Å²) in [4.78, 5) is 0. The van der Waals surface area contributed by atoms with E-state index in [1.54, 1.807) is 6.07 Å². The van der Waals surface area contributed by atoms with E-state index in [-0.39, 0.29) is 11.9 Å². The minimum absolute atomic E-state index is 0.124. The highest BCUT2D eigenvalue weighted by Crippen LogP contribution is 2.27. The fourth-order valence-corrected chi connectivity index (χ4v) is 2.88. The van der Waals surface area contributed by atoms with Crippen LogP contribution in [0.3, 0.4) is 0 Å². The number of nitrogens with one attached hydrogen (secondary N) is 1. The molecule has 0 spiro atoms. The molecule has 0 heterocycles. The second-order valence-electron chi connectivity index (χ2n) is 5.26. The summed E-state index contributed by atoms with van der Waals surface area (Å²) in [5, 5.41) is 3.54. The van der Waals surface area contributed by atoms with Crippen molar-refractivity contribution in [1.29, 1.82) is 0 Å². The molecule has 1 unspecified atom stereocenters. The number of benzene rings is 2. The molecule has 0 saturated heterocycles. The van der Waals surface area contributed by atoms with Gasteiger partial charge in [-0.25, -0.2) is 4.39 Å². The topological polar surface area (TPSA) is 12.0 Å². The Kier molecular flexibility index (Phi) is 5.95. The number of rotatable bonds is 6. The van der Waals surface area contributed by atoms with Crippen LogP contribution in [0.2, 0.25) is 0 Å². The normalized spacial score (nSPS) is 12.4. The third kappa shape index (κ3) is 4.14. The van der Waals surface area contributed by atoms with Gasteiger partial charge in [-0.3, -0.25) is 0 Å². The van der Waals surface area contributed by atoms with Crippen molar-refractivity contribution in [3.8, 4) is 0 Å². The molecule has 1 atom stereocenters. The van der Waals surface area contributed by atoms with E-state index in [0.29, 0.717) is 6.42 Å². The highest BCUT2D eigenvalue weighted by Gasteiger charge is 2.16. The van der Waals surface area contributed by atoms with E-state index in [4.69, 9.17) is 0 Å². The van der Waals surface area contributed by atoms with Crippen LogP contribution >= 0.6 is 15.9 Å². The van der Waals surface area contributed by atoms with Gasteiger partial charge in [-0.05, 0) is 55.1 Å². The average Bonchev–Trinajstić information content (AvgIpc) is 2.48. The smallest absolute Gasteiger partial charge is 0.126 e. The summed E-state index contributed by atoms with van der Waals surface area (Å²) in [6, 6.07) is 13.3. The molecule has 0 aliphatic heterocycles. The summed E-state index contributed by atoms with van der Waals surface area (Å²) in [6.45, 7) is 5.16. The second-order valence-corrected chi connectivity index (χ2v) is 6.11. The van der Waals surface area contributed by atoms with E-state index in [2.05, 4.69) is 41.2 Å². The lowest BCUT2D eigenvalue weighted by Gasteiger charge is -2.22. The fourth-order valence-electron chi connectivity index (χ4n) is 2.50. The molecule has 0 amide bonds. The van der Waals surface area contributed by atoms with Crippen LogP contribution in [0, 0.1) is 12.7 Å². The van der Waals surface area contributed by atoms with Crippen LogP contribution in [0.15, 0.2) is 46.9 Å². The van der Waals surface area contributed by atoms with Gasteiger partial charge >= 0.3 is 0 Å². The van der Waals surface area contributed by atoms with Crippen molar-refractivity contribution < 1.29 is 4.39 Å². The van der Waals surface area contributed by atoms with E-state index >= 15 is 0 Å². The lowest BCUT2D eigenvalue weighted by Crippen LogP contribution is -2.25. The highest BCUT2D eigenvalue weighted by molar-refractivity contribution is 9.10. The predicted octanol–water partition coefficient (Wildman–Crippen LogP) is 5.18. The largest absolute Gasteiger partial charge is 0.310 e. The second kappa shape index (κ2) is 7.71. The van der Waals surface area contributed by atoms with E-state index in [0.717, 1.165) is 23.0 Å². The van der Waals surface area contributed by atoms with Crippen molar-refractivity contribution in [3.63, 3.8) is 0 Å². The maximum absolute atomic E-state index is 13.9. The predicted molar refractivity (Wildman–Crippen MR) is 90.0 cm³/mol. The van der Waals surface area contributed by atoms with E-state index < -0.39 is 0 Å². The number of hydrogen-bond acceptors (Lipinski definition) is 1. The monoisotopic (exact) mass is 349 g/mol. The molecule has 0 aromatic heterocycles. The number of halogens is 2. The fraction of sp³-hybridized carbons (Fsp3) is 0.333. The Morgan fingerprint density at radius 2 is 1.90 bits per heavy atom. The van der Waals surface area contributed by atoms with Gasteiger partial charge in [0.15, 0.2) is 0 Å². The van der Waals surface area contributed by atoms with Gasteiger partial charge in [0.05, 0.1) is 0 Å². The van der Waals surface area contributed by atoms with Crippen LogP contribution in [0.25, 0.3) is 0 Å². The standard InChI is InChI=1S/C18H21BrFN/c1-3-11-21-18(12-14-7-4-5-10-17(14)20)15-8-6-9-16(19)13(15)2/h4-10,18,21H,3,11-12H2,1-2H3. The number of hydrogen-bond donors (Lipinski definition) is 1. The van der Waals surface area contributed by atoms with E-state index in [1.807, 2.05) is 24.3 Å². The zero-order valence-corrected chi connectivity index (χ0v) is 14.1. The third-order valence-corrected chi connectivity index (χ3v) is 4.57. The molecule has 21 heavy (non-hydrogen) atoms. The first-order valence-electron chi connectivity index (χ1n) is 7.35. The van der Waals surface area contributed by atoms with Gasteiger partial charge in [-0.15, -0.1) is 0 Å². The first kappa shape index (κ1) is 16.2. The Bertz CT molecular complexity index is 598. The zero-order chi connectivity index (χ0) is 15.2. The quantitative estimate of drug-likeness (QED) is 0.757. The van der Waals surface area contributed by atoms with Crippen molar-refractivity contribution in [2.75, 3.05) is 6.54 Å². The van der Waals surface area contributed by atoms with Gasteiger partial charge < -0.3 is 5.32 Å². The van der Waals surface area contributed by atoms with Crippen LogP contribution in [0.4, 0.5) is 4.39 Å². The van der Waals surface area contributed by atoms with Gasteiger partial charge in [0.25, 0.3) is 0 Å². The molecule has 0 radical (unpaired) electrons. The van der Waals surface area contributed by atoms with Crippen LogP contribution in [0.5, 0.6) is 0 Å². The zero-order valence-electron chi connectivity index (χ0n) is 12.5. The van der Waals surface area contributed by atoms with Gasteiger partial charge in [-0.1, -0.05) is 53.2 Å². The highest BCUT2D eigenvalue weighted by atomic mass is 79.9. The molecule has 112 valence electrons. The van der Waals surface area contributed by atoms with Gasteiger partial charge in [0.2, 0.25) is 0 Å². The molecule has 2 aromatic rings. The Labute approximate surface area is 134 Å². The van der Waals surface area contributed by atoms with Crippen molar-refractivity contribution >= 4 is 15.9 Å². The summed E-state index contributed by atoms with van der Waals surface area (Å²) in [6.07, 6.45) is 1.71. The third-order valence-electron chi connectivity index (χ3n) is 3.71. The molecule has 0 saturated carbocycles.